The molecule has 1 amide bonds. The summed E-state index contributed by atoms with van der Waals surface area (Å²) in [5, 5.41) is 5.48. The highest BCUT2D eigenvalue weighted by molar-refractivity contribution is 5.83. The summed E-state index contributed by atoms with van der Waals surface area (Å²) in [5.41, 5.74) is 3.58. The Morgan fingerprint density at radius 1 is 0.960 bits per heavy atom. The van der Waals surface area contributed by atoms with E-state index < -0.39 is 0 Å². The third-order valence-corrected chi connectivity index (χ3v) is 4.42. The van der Waals surface area contributed by atoms with E-state index in [2.05, 4.69) is 60.8 Å². The summed E-state index contributed by atoms with van der Waals surface area (Å²) in [4.78, 5) is 14.2. The Hall–Kier alpha value is -2.65. The maximum absolute atomic E-state index is 12.2. The number of carbonyl (C=O) groups is 1. The molecule has 0 unspecified atom stereocenters. The Labute approximate surface area is 149 Å². The molecular formula is C22H24N2O. The summed E-state index contributed by atoms with van der Waals surface area (Å²) in [5.74, 6) is 0.0477. The second-order valence-corrected chi connectivity index (χ2v) is 6.56. The van der Waals surface area contributed by atoms with Gasteiger partial charge in [0.1, 0.15) is 0 Å². The molecular weight excluding hydrogens is 308 g/mol. The van der Waals surface area contributed by atoms with Crippen LogP contribution >= 0.6 is 0 Å². The van der Waals surface area contributed by atoms with E-state index in [4.69, 9.17) is 0 Å². The minimum Gasteiger partial charge on any atom is -0.351 e. The van der Waals surface area contributed by atoms with Gasteiger partial charge in [0.2, 0.25) is 5.91 Å². The lowest BCUT2D eigenvalue weighted by Gasteiger charge is -2.17. The van der Waals surface area contributed by atoms with Crippen molar-refractivity contribution in [3.05, 3.63) is 83.4 Å². The van der Waals surface area contributed by atoms with Crippen molar-refractivity contribution >= 4 is 16.7 Å². The van der Waals surface area contributed by atoms with Crippen LogP contribution < -0.4 is 5.32 Å². The number of nitrogens with zero attached hydrogens (tertiary/aromatic N) is 1. The fraction of sp³-hybridized carbons (Fsp3) is 0.227. The van der Waals surface area contributed by atoms with Gasteiger partial charge in [-0.3, -0.25) is 9.69 Å². The predicted molar refractivity (Wildman–Crippen MR) is 103 cm³/mol. The third kappa shape index (κ3) is 4.68. The van der Waals surface area contributed by atoms with Crippen LogP contribution in [-0.4, -0.2) is 24.4 Å². The van der Waals surface area contributed by atoms with Crippen molar-refractivity contribution in [2.75, 3.05) is 13.6 Å². The Bertz CT molecular complexity index is 873. The van der Waals surface area contributed by atoms with Crippen molar-refractivity contribution in [3.63, 3.8) is 0 Å². The quantitative estimate of drug-likeness (QED) is 0.742. The summed E-state index contributed by atoms with van der Waals surface area (Å²) >= 11 is 0. The normalized spacial score (nSPS) is 11.0. The van der Waals surface area contributed by atoms with E-state index in [-0.39, 0.29) is 5.91 Å². The smallest absolute Gasteiger partial charge is 0.234 e. The van der Waals surface area contributed by atoms with Gasteiger partial charge < -0.3 is 5.32 Å². The molecule has 0 bridgehead atoms. The van der Waals surface area contributed by atoms with E-state index in [1.54, 1.807) is 0 Å². The van der Waals surface area contributed by atoms with Gasteiger partial charge in [-0.05, 0) is 47.5 Å². The first-order valence-corrected chi connectivity index (χ1v) is 8.59. The average Bonchev–Trinajstić information content (AvgIpc) is 2.61. The van der Waals surface area contributed by atoms with Crippen LogP contribution in [0.15, 0.2) is 66.7 Å². The van der Waals surface area contributed by atoms with Gasteiger partial charge in [0, 0.05) is 13.1 Å². The van der Waals surface area contributed by atoms with Gasteiger partial charge in [-0.1, -0.05) is 60.7 Å². The maximum atomic E-state index is 12.2. The van der Waals surface area contributed by atoms with Crippen LogP contribution in [0.3, 0.4) is 0 Å². The lowest BCUT2D eigenvalue weighted by atomic mass is 10.1. The van der Waals surface area contributed by atoms with Crippen LogP contribution in [0.2, 0.25) is 0 Å². The number of amides is 1. The largest absolute Gasteiger partial charge is 0.351 e. The standard InChI is InChI=1S/C22H24N2O/c1-17-7-3-4-10-21(17)14-23-22(25)16-24(2)15-18-11-12-19-8-5-6-9-20(19)13-18/h3-13H,14-16H2,1-2H3,(H,23,25). The highest BCUT2D eigenvalue weighted by Gasteiger charge is 2.08. The van der Waals surface area contributed by atoms with Gasteiger partial charge in [0.05, 0.1) is 6.54 Å². The van der Waals surface area contributed by atoms with Gasteiger partial charge >= 0.3 is 0 Å². The summed E-state index contributed by atoms with van der Waals surface area (Å²) in [6, 6.07) is 22.9. The number of benzene rings is 3. The molecule has 3 heteroatoms. The van der Waals surface area contributed by atoms with E-state index in [0.29, 0.717) is 13.1 Å². The molecule has 0 fully saturated rings. The van der Waals surface area contributed by atoms with Crippen molar-refractivity contribution in [1.29, 1.82) is 0 Å². The summed E-state index contributed by atoms with van der Waals surface area (Å²) < 4.78 is 0. The lowest BCUT2D eigenvalue weighted by Crippen LogP contribution is -2.34. The van der Waals surface area contributed by atoms with Crippen molar-refractivity contribution in [2.24, 2.45) is 0 Å². The van der Waals surface area contributed by atoms with Gasteiger partial charge in [0.25, 0.3) is 0 Å². The molecule has 0 atom stereocenters. The first-order chi connectivity index (χ1) is 12.1. The van der Waals surface area contributed by atoms with Gasteiger partial charge in [0.15, 0.2) is 0 Å². The molecule has 3 aromatic rings. The minimum atomic E-state index is 0.0477. The molecule has 0 aliphatic rings. The molecule has 0 aliphatic carbocycles. The second kappa shape index (κ2) is 7.95. The van der Waals surface area contributed by atoms with Crippen molar-refractivity contribution in [2.45, 2.75) is 20.0 Å². The molecule has 3 aromatic carbocycles. The molecule has 3 rings (SSSR count). The van der Waals surface area contributed by atoms with Crippen LogP contribution in [0, 0.1) is 6.92 Å². The molecule has 0 spiro atoms. The molecule has 0 heterocycles. The Morgan fingerprint density at radius 3 is 2.48 bits per heavy atom. The van der Waals surface area contributed by atoms with E-state index in [9.17, 15) is 4.79 Å². The van der Waals surface area contributed by atoms with E-state index >= 15 is 0 Å². The zero-order valence-corrected chi connectivity index (χ0v) is 14.8. The number of likely N-dealkylation sites (N-methyl/N-ethyl adjacent to an activating group) is 1. The second-order valence-electron chi connectivity index (χ2n) is 6.56. The molecule has 1 N–H and O–H groups in total. The van der Waals surface area contributed by atoms with E-state index in [1.165, 1.54) is 21.9 Å². The van der Waals surface area contributed by atoms with Crippen molar-refractivity contribution < 1.29 is 4.79 Å². The first-order valence-electron chi connectivity index (χ1n) is 8.59. The van der Waals surface area contributed by atoms with Gasteiger partial charge in [-0.2, -0.15) is 0 Å². The third-order valence-electron chi connectivity index (χ3n) is 4.42. The SMILES string of the molecule is Cc1ccccc1CNC(=O)CN(C)Cc1ccc2ccccc2c1. The fourth-order valence-electron chi connectivity index (χ4n) is 3.01. The average molecular weight is 332 g/mol. The highest BCUT2D eigenvalue weighted by atomic mass is 16.2. The number of aryl methyl sites for hydroxylation is 1. The number of fused-ring (bicyclic) bond motifs is 1. The highest BCUT2D eigenvalue weighted by Crippen LogP contribution is 2.16. The maximum Gasteiger partial charge on any atom is 0.234 e. The van der Waals surface area contributed by atoms with Crippen LogP contribution in [0.1, 0.15) is 16.7 Å². The van der Waals surface area contributed by atoms with Crippen LogP contribution in [0.25, 0.3) is 10.8 Å². The molecule has 0 saturated carbocycles. The zero-order chi connectivity index (χ0) is 17.6. The molecule has 0 radical (unpaired) electrons. The van der Waals surface area contributed by atoms with Gasteiger partial charge in [-0.25, -0.2) is 0 Å². The minimum absolute atomic E-state index is 0.0477. The van der Waals surface area contributed by atoms with Crippen molar-refractivity contribution in [3.8, 4) is 0 Å². The van der Waals surface area contributed by atoms with Gasteiger partial charge in [-0.15, -0.1) is 0 Å². The fourth-order valence-corrected chi connectivity index (χ4v) is 3.01. The number of hydrogen-bond donors (Lipinski definition) is 1. The number of nitrogens with one attached hydrogen (secondary N) is 1. The number of hydrogen-bond acceptors (Lipinski definition) is 2. The zero-order valence-electron chi connectivity index (χ0n) is 14.8. The lowest BCUT2D eigenvalue weighted by molar-refractivity contribution is -0.122. The topological polar surface area (TPSA) is 32.3 Å². The van der Waals surface area contributed by atoms with Crippen LogP contribution in [-0.2, 0) is 17.9 Å². The Kier molecular flexibility index (Phi) is 5.46. The van der Waals surface area contributed by atoms with Crippen molar-refractivity contribution in [1.82, 2.24) is 10.2 Å². The summed E-state index contributed by atoms with van der Waals surface area (Å²) in [7, 11) is 1.97. The number of rotatable bonds is 6. The molecule has 128 valence electrons. The summed E-state index contributed by atoms with van der Waals surface area (Å²) in [6.07, 6.45) is 0. The first kappa shape index (κ1) is 17.2. The summed E-state index contributed by atoms with van der Waals surface area (Å²) in [6.45, 7) is 3.78. The molecule has 0 aliphatic heterocycles. The predicted octanol–water partition coefficient (Wildman–Crippen LogP) is 3.90. The number of carbonyl (C=O) groups excluding carboxylic acids is 1. The monoisotopic (exact) mass is 332 g/mol. The molecule has 0 saturated heterocycles. The molecule has 3 nitrogen and oxygen atoms in total. The molecule has 25 heavy (non-hydrogen) atoms. The molecule has 0 aromatic heterocycles. The van der Waals surface area contributed by atoms with E-state index in [1.807, 2.05) is 30.1 Å². The Morgan fingerprint density at radius 2 is 1.68 bits per heavy atom. The van der Waals surface area contributed by atoms with Crippen LogP contribution in [0.5, 0.6) is 0 Å². The Balaban J connectivity index is 1.53. The van der Waals surface area contributed by atoms with Crippen LogP contribution in [0.4, 0.5) is 0 Å². The van der Waals surface area contributed by atoms with E-state index in [0.717, 1.165) is 12.1 Å².